The van der Waals surface area contributed by atoms with Crippen LogP contribution >= 0.6 is 11.6 Å². The molecule has 1 N–H and O–H groups in total. The summed E-state index contributed by atoms with van der Waals surface area (Å²) >= 11 is 6.17. The van der Waals surface area contributed by atoms with Crippen LogP contribution in [0.2, 0.25) is 5.02 Å². The summed E-state index contributed by atoms with van der Waals surface area (Å²) in [7, 11) is 1.93. The molecular weight excluding hydrogens is 258 g/mol. The molecule has 0 fully saturated rings. The molecule has 0 aliphatic carbocycles. The topological polar surface area (TPSA) is 29.9 Å². The Morgan fingerprint density at radius 3 is 2.68 bits per heavy atom. The van der Waals surface area contributed by atoms with Gasteiger partial charge in [0.2, 0.25) is 0 Å². The zero-order chi connectivity index (χ0) is 13.8. The highest BCUT2D eigenvalue weighted by atomic mass is 35.5. The van der Waals surface area contributed by atoms with Crippen molar-refractivity contribution in [2.24, 2.45) is 7.05 Å². The van der Waals surface area contributed by atoms with Gasteiger partial charge in [0, 0.05) is 23.8 Å². The number of halogens is 1. The fraction of sp³-hybridized carbons (Fsp3) is 0.400. The third-order valence-electron chi connectivity index (χ3n) is 3.05. The van der Waals surface area contributed by atoms with Crippen LogP contribution in [0.15, 0.2) is 30.6 Å². The van der Waals surface area contributed by atoms with Crippen LogP contribution in [0.3, 0.4) is 0 Å². The van der Waals surface area contributed by atoms with E-state index in [2.05, 4.69) is 30.3 Å². The third-order valence-corrected chi connectivity index (χ3v) is 3.27. The van der Waals surface area contributed by atoms with E-state index in [0.717, 1.165) is 23.6 Å². The highest BCUT2D eigenvalue weighted by Gasteiger charge is 2.15. The predicted molar refractivity (Wildman–Crippen MR) is 79.5 cm³/mol. The maximum absolute atomic E-state index is 6.17. The molecule has 1 heterocycles. The van der Waals surface area contributed by atoms with E-state index in [4.69, 9.17) is 11.6 Å². The lowest BCUT2D eigenvalue weighted by Gasteiger charge is -2.18. The van der Waals surface area contributed by atoms with Gasteiger partial charge in [0.15, 0.2) is 0 Å². The molecule has 0 bridgehead atoms. The standard InChI is InChI=1S/C15H20ClN3/c1-4-5-17-15(13-9-18-19(3)10-13)12-6-11(2)7-14(16)8-12/h6-10,15,17H,4-5H2,1-3H3. The molecule has 0 amide bonds. The van der Waals surface area contributed by atoms with Crippen molar-refractivity contribution in [2.75, 3.05) is 6.54 Å². The average molecular weight is 278 g/mol. The number of aromatic nitrogens is 2. The summed E-state index contributed by atoms with van der Waals surface area (Å²) in [5, 5.41) is 8.60. The Balaban J connectivity index is 2.36. The molecule has 0 radical (unpaired) electrons. The summed E-state index contributed by atoms with van der Waals surface area (Å²) in [6.07, 6.45) is 5.05. The maximum atomic E-state index is 6.17. The van der Waals surface area contributed by atoms with Crippen LogP contribution in [0, 0.1) is 6.92 Å². The summed E-state index contributed by atoms with van der Waals surface area (Å²) in [5.74, 6) is 0. The zero-order valence-electron chi connectivity index (χ0n) is 11.7. The second-order valence-corrected chi connectivity index (χ2v) is 5.33. The van der Waals surface area contributed by atoms with Crippen LogP contribution in [-0.4, -0.2) is 16.3 Å². The number of nitrogens with zero attached hydrogens (tertiary/aromatic N) is 2. The Morgan fingerprint density at radius 2 is 2.11 bits per heavy atom. The van der Waals surface area contributed by atoms with Gasteiger partial charge in [-0.1, -0.05) is 24.6 Å². The molecule has 1 unspecified atom stereocenters. The number of benzene rings is 1. The van der Waals surface area contributed by atoms with E-state index in [1.807, 2.05) is 36.3 Å². The SMILES string of the molecule is CCCNC(c1cc(C)cc(Cl)c1)c1cnn(C)c1. The van der Waals surface area contributed by atoms with E-state index in [9.17, 15) is 0 Å². The Labute approximate surface area is 119 Å². The monoisotopic (exact) mass is 277 g/mol. The van der Waals surface area contributed by atoms with Gasteiger partial charge in [0.05, 0.1) is 12.2 Å². The smallest absolute Gasteiger partial charge is 0.0608 e. The van der Waals surface area contributed by atoms with E-state index >= 15 is 0 Å². The van der Waals surface area contributed by atoms with Crippen LogP contribution in [0.5, 0.6) is 0 Å². The van der Waals surface area contributed by atoms with Gasteiger partial charge in [0.1, 0.15) is 0 Å². The van der Waals surface area contributed by atoms with Crippen molar-refractivity contribution in [1.29, 1.82) is 0 Å². The van der Waals surface area contributed by atoms with Gasteiger partial charge in [-0.05, 0) is 43.1 Å². The van der Waals surface area contributed by atoms with Crippen molar-refractivity contribution in [3.05, 3.63) is 52.3 Å². The van der Waals surface area contributed by atoms with Crippen LogP contribution in [0.4, 0.5) is 0 Å². The molecule has 102 valence electrons. The average Bonchev–Trinajstić information content (AvgIpc) is 2.75. The molecule has 19 heavy (non-hydrogen) atoms. The molecule has 0 saturated carbocycles. The molecule has 2 aromatic rings. The number of hydrogen-bond acceptors (Lipinski definition) is 2. The minimum absolute atomic E-state index is 0.144. The zero-order valence-corrected chi connectivity index (χ0v) is 12.4. The van der Waals surface area contributed by atoms with Crippen molar-refractivity contribution < 1.29 is 0 Å². The first-order chi connectivity index (χ1) is 9.10. The summed E-state index contributed by atoms with van der Waals surface area (Å²) in [5.41, 5.74) is 3.53. The van der Waals surface area contributed by atoms with Gasteiger partial charge in [-0.3, -0.25) is 4.68 Å². The van der Waals surface area contributed by atoms with E-state index in [0.29, 0.717) is 0 Å². The number of hydrogen-bond donors (Lipinski definition) is 1. The highest BCUT2D eigenvalue weighted by molar-refractivity contribution is 6.30. The lowest BCUT2D eigenvalue weighted by molar-refractivity contribution is 0.597. The minimum atomic E-state index is 0.144. The van der Waals surface area contributed by atoms with Gasteiger partial charge in [-0.25, -0.2) is 0 Å². The molecular formula is C15H20ClN3. The number of aryl methyl sites for hydroxylation is 2. The quantitative estimate of drug-likeness (QED) is 0.907. The summed E-state index contributed by atoms with van der Waals surface area (Å²) in [4.78, 5) is 0. The van der Waals surface area contributed by atoms with E-state index in [-0.39, 0.29) is 6.04 Å². The van der Waals surface area contributed by atoms with E-state index in [1.165, 1.54) is 11.1 Å². The van der Waals surface area contributed by atoms with Gasteiger partial charge < -0.3 is 5.32 Å². The second-order valence-electron chi connectivity index (χ2n) is 4.90. The third kappa shape index (κ3) is 3.58. The summed E-state index contributed by atoms with van der Waals surface area (Å²) < 4.78 is 1.83. The second kappa shape index (κ2) is 6.22. The van der Waals surface area contributed by atoms with Gasteiger partial charge >= 0.3 is 0 Å². The fourth-order valence-corrected chi connectivity index (χ4v) is 2.54. The fourth-order valence-electron chi connectivity index (χ4n) is 2.24. The van der Waals surface area contributed by atoms with E-state index < -0.39 is 0 Å². The largest absolute Gasteiger partial charge is 0.306 e. The lowest BCUT2D eigenvalue weighted by Crippen LogP contribution is -2.23. The molecule has 0 saturated heterocycles. The molecule has 3 nitrogen and oxygen atoms in total. The van der Waals surface area contributed by atoms with E-state index in [1.54, 1.807) is 0 Å². The van der Waals surface area contributed by atoms with Crippen molar-refractivity contribution in [1.82, 2.24) is 15.1 Å². The highest BCUT2D eigenvalue weighted by Crippen LogP contribution is 2.25. The van der Waals surface area contributed by atoms with Crippen molar-refractivity contribution in [3.8, 4) is 0 Å². The van der Waals surface area contributed by atoms with Crippen LogP contribution in [0.25, 0.3) is 0 Å². The lowest BCUT2D eigenvalue weighted by atomic mass is 9.99. The van der Waals surface area contributed by atoms with Gasteiger partial charge in [0.25, 0.3) is 0 Å². The van der Waals surface area contributed by atoms with Crippen molar-refractivity contribution in [3.63, 3.8) is 0 Å². The molecule has 0 aliphatic heterocycles. The van der Waals surface area contributed by atoms with Gasteiger partial charge in [-0.15, -0.1) is 0 Å². The predicted octanol–water partition coefficient (Wildman–Crippen LogP) is 3.47. The first-order valence-corrected chi connectivity index (χ1v) is 6.97. The number of nitrogens with one attached hydrogen (secondary N) is 1. The Hall–Kier alpha value is -1.32. The first-order valence-electron chi connectivity index (χ1n) is 6.59. The minimum Gasteiger partial charge on any atom is -0.306 e. The van der Waals surface area contributed by atoms with Crippen molar-refractivity contribution >= 4 is 11.6 Å². The summed E-state index contributed by atoms with van der Waals surface area (Å²) in [6.45, 7) is 5.19. The maximum Gasteiger partial charge on any atom is 0.0608 e. The first kappa shape index (κ1) is 14.1. The Morgan fingerprint density at radius 1 is 1.32 bits per heavy atom. The molecule has 2 rings (SSSR count). The van der Waals surface area contributed by atoms with Gasteiger partial charge in [-0.2, -0.15) is 5.10 Å². The Bertz CT molecular complexity index is 528. The van der Waals surface area contributed by atoms with Crippen LogP contribution in [0.1, 0.15) is 36.1 Å². The van der Waals surface area contributed by atoms with Crippen molar-refractivity contribution in [2.45, 2.75) is 26.3 Å². The van der Waals surface area contributed by atoms with Crippen LogP contribution in [-0.2, 0) is 7.05 Å². The molecule has 1 atom stereocenters. The molecule has 1 aromatic heterocycles. The molecule has 4 heteroatoms. The normalized spacial score (nSPS) is 12.6. The number of rotatable bonds is 5. The molecule has 1 aromatic carbocycles. The molecule has 0 spiro atoms. The molecule has 0 aliphatic rings. The Kier molecular flexibility index (Phi) is 4.61. The summed E-state index contributed by atoms with van der Waals surface area (Å²) in [6, 6.07) is 6.32. The van der Waals surface area contributed by atoms with Crippen LogP contribution < -0.4 is 5.32 Å².